The fourth-order valence-corrected chi connectivity index (χ4v) is 3.66. The van der Waals surface area contributed by atoms with E-state index in [1.807, 2.05) is 65.2 Å². The summed E-state index contributed by atoms with van der Waals surface area (Å²) in [7, 11) is 0. The molecule has 2 N–H and O–H groups in total. The zero-order valence-corrected chi connectivity index (χ0v) is 15.8. The molecule has 0 unspecified atom stereocenters. The molecule has 0 aliphatic rings. The number of aryl methyl sites for hydroxylation is 1. The maximum absolute atomic E-state index is 13.2. The summed E-state index contributed by atoms with van der Waals surface area (Å²) in [6.45, 7) is 0.587. The van der Waals surface area contributed by atoms with E-state index in [1.165, 1.54) is 12.1 Å². The molecule has 29 heavy (non-hydrogen) atoms. The molecule has 0 aliphatic heterocycles. The average Bonchev–Trinajstić information content (AvgIpc) is 3.06. The molecule has 3 aromatic carbocycles. The van der Waals surface area contributed by atoms with Crippen LogP contribution in [0.15, 0.2) is 84.9 Å². The molecule has 0 bridgehead atoms. The van der Waals surface area contributed by atoms with Crippen LogP contribution in [0.1, 0.15) is 11.1 Å². The fourth-order valence-electron chi connectivity index (χ4n) is 3.66. The highest BCUT2D eigenvalue weighted by atomic mass is 19.1. The molecule has 0 aliphatic carbocycles. The Morgan fingerprint density at radius 1 is 0.828 bits per heavy atom. The van der Waals surface area contributed by atoms with Crippen molar-refractivity contribution in [1.29, 1.82) is 5.26 Å². The number of nitrogens with two attached hydrogens (primary N) is 1. The van der Waals surface area contributed by atoms with E-state index in [1.54, 1.807) is 12.1 Å². The Morgan fingerprint density at radius 2 is 1.41 bits per heavy atom. The van der Waals surface area contributed by atoms with Crippen molar-refractivity contribution in [3.05, 3.63) is 102 Å². The Bertz CT molecular complexity index is 1150. The lowest BCUT2D eigenvalue weighted by atomic mass is 9.98. The predicted molar refractivity (Wildman–Crippen MR) is 115 cm³/mol. The molecule has 142 valence electrons. The van der Waals surface area contributed by atoms with Crippen LogP contribution in [0.3, 0.4) is 0 Å². The van der Waals surface area contributed by atoms with Crippen LogP contribution in [0.2, 0.25) is 0 Å². The average molecular weight is 381 g/mol. The number of hydrogen-bond acceptors (Lipinski definition) is 2. The number of anilines is 1. The highest BCUT2D eigenvalue weighted by molar-refractivity contribution is 5.90. The molecule has 0 spiro atoms. The number of nitrogens with zero attached hydrogens (tertiary/aromatic N) is 2. The van der Waals surface area contributed by atoms with Crippen molar-refractivity contribution in [2.75, 3.05) is 5.73 Å². The summed E-state index contributed by atoms with van der Waals surface area (Å²) >= 11 is 0. The molecule has 3 nitrogen and oxygen atoms in total. The van der Waals surface area contributed by atoms with E-state index in [4.69, 9.17) is 5.73 Å². The molecule has 0 fully saturated rings. The molecule has 0 radical (unpaired) electrons. The zero-order chi connectivity index (χ0) is 20.2. The number of hydrogen-bond donors (Lipinski definition) is 1. The van der Waals surface area contributed by atoms with Gasteiger partial charge in [-0.25, -0.2) is 4.39 Å². The van der Waals surface area contributed by atoms with E-state index < -0.39 is 0 Å². The number of nitriles is 1. The van der Waals surface area contributed by atoms with Gasteiger partial charge in [-0.1, -0.05) is 72.8 Å². The summed E-state index contributed by atoms with van der Waals surface area (Å²) in [6, 6.07) is 28.6. The Morgan fingerprint density at radius 3 is 2.00 bits per heavy atom. The predicted octanol–water partition coefficient (Wildman–Crippen LogP) is 5.66. The lowest BCUT2D eigenvalue weighted by molar-refractivity contribution is 0.626. The minimum Gasteiger partial charge on any atom is -0.384 e. The van der Waals surface area contributed by atoms with Gasteiger partial charge < -0.3 is 10.3 Å². The zero-order valence-electron chi connectivity index (χ0n) is 15.8. The second-order valence-corrected chi connectivity index (χ2v) is 6.86. The Labute approximate surface area is 169 Å². The molecular formula is C25H20FN3. The third-order valence-electron chi connectivity index (χ3n) is 5.06. The van der Waals surface area contributed by atoms with Crippen molar-refractivity contribution in [1.82, 2.24) is 4.57 Å². The van der Waals surface area contributed by atoms with Gasteiger partial charge in [-0.3, -0.25) is 0 Å². The monoisotopic (exact) mass is 381 g/mol. The molecular weight excluding hydrogens is 361 g/mol. The first kappa shape index (κ1) is 18.5. The first-order valence-corrected chi connectivity index (χ1v) is 9.46. The van der Waals surface area contributed by atoms with Crippen LogP contribution in [-0.4, -0.2) is 4.57 Å². The second kappa shape index (κ2) is 8.04. The summed E-state index contributed by atoms with van der Waals surface area (Å²) in [5.74, 6) is 0.199. The fraction of sp³-hybridized carbons (Fsp3) is 0.0800. The first-order valence-electron chi connectivity index (χ1n) is 9.46. The number of benzene rings is 3. The van der Waals surface area contributed by atoms with Gasteiger partial charge in [-0.2, -0.15) is 5.26 Å². The van der Waals surface area contributed by atoms with Crippen LogP contribution in [0.25, 0.3) is 22.4 Å². The lowest BCUT2D eigenvalue weighted by Crippen LogP contribution is -2.07. The van der Waals surface area contributed by atoms with E-state index in [9.17, 15) is 9.65 Å². The number of halogens is 1. The smallest absolute Gasteiger partial charge is 0.123 e. The van der Waals surface area contributed by atoms with Crippen molar-refractivity contribution in [3.8, 4) is 28.5 Å². The van der Waals surface area contributed by atoms with E-state index in [0.29, 0.717) is 24.3 Å². The third kappa shape index (κ3) is 3.63. The van der Waals surface area contributed by atoms with Gasteiger partial charge in [0, 0.05) is 12.1 Å². The Balaban J connectivity index is 1.87. The number of rotatable bonds is 5. The van der Waals surface area contributed by atoms with Crippen LogP contribution < -0.4 is 5.73 Å². The van der Waals surface area contributed by atoms with Crippen LogP contribution in [0.4, 0.5) is 10.2 Å². The molecule has 4 heteroatoms. The van der Waals surface area contributed by atoms with Crippen molar-refractivity contribution >= 4 is 5.82 Å². The standard InChI is InChI=1S/C25H20FN3/c26-21-13-11-18(12-14-21)15-16-29-24(20-9-5-2-6-10-20)23(22(17-27)25(29)28)19-7-3-1-4-8-19/h1-14H,15-16,28H2. The summed E-state index contributed by atoms with van der Waals surface area (Å²) in [4.78, 5) is 0. The van der Waals surface area contributed by atoms with Gasteiger partial charge in [0.05, 0.1) is 5.69 Å². The van der Waals surface area contributed by atoms with Gasteiger partial charge >= 0.3 is 0 Å². The van der Waals surface area contributed by atoms with Gasteiger partial charge in [0.15, 0.2) is 0 Å². The normalized spacial score (nSPS) is 10.6. The maximum atomic E-state index is 13.2. The number of nitrogen functional groups attached to an aromatic ring is 1. The molecule has 4 aromatic rings. The van der Waals surface area contributed by atoms with Crippen LogP contribution in [-0.2, 0) is 13.0 Å². The van der Waals surface area contributed by atoms with Gasteiger partial charge in [-0.15, -0.1) is 0 Å². The molecule has 4 rings (SSSR count). The van der Waals surface area contributed by atoms with E-state index in [0.717, 1.165) is 27.9 Å². The molecule has 1 aromatic heterocycles. The van der Waals surface area contributed by atoms with Gasteiger partial charge in [0.1, 0.15) is 23.3 Å². The van der Waals surface area contributed by atoms with Crippen molar-refractivity contribution < 1.29 is 4.39 Å². The van der Waals surface area contributed by atoms with Crippen molar-refractivity contribution in [2.24, 2.45) is 0 Å². The maximum Gasteiger partial charge on any atom is 0.123 e. The van der Waals surface area contributed by atoms with Crippen molar-refractivity contribution in [3.63, 3.8) is 0 Å². The van der Waals surface area contributed by atoms with Crippen molar-refractivity contribution in [2.45, 2.75) is 13.0 Å². The highest BCUT2D eigenvalue weighted by Crippen LogP contribution is 2.40. The Kier molecular flexibility index (Phi) is 5.13. The van der Waals surface area contributed by atoms with E-state index in [2.05, 4.69) is 6.07 Å². The molecule has 0 amide bonds. The molecule has 0 saturated carbocycles. The summed E-state index contributed by atoms with van der Waals surface area (Å²) in [6.07, 6.45) is 0.679. The van der Waals surface area contributed by atoms with Crippen LogP contribution >= 0.6 is 0 Å². The van der Waals surface area contributed by atoms with Gasteiger partial charge in [0.25, 0.3) is 0 Å². The molecule has 0 atom stereocenters. The summed E-state index contributed by atoms with van der Waals surface area (Å²) in [5, 5.41) is 9.88. The van der Waals surface area contributed by atoms with Crippen LogP contribution in [0, 0.1) is 17.1 Å². The SMILES string of the molecule is N#Cc1c(-c2ccccc2)c(-c2ccccc2)n(CCc2ccc(F)cc2)c1N. The summed E-state index contributed by atoms with van der Waals surface area (Å²) in [5.41, 5.74) is 11.7. The minimum atomic E-state index is -0.252. The second-order valence-electron chi connectivity index (χ2n) is 6.86. The van der Waals surface area contributed by atoms with Crippen LogP contribution in [0.5, 0.6) is 0 Å². The molecule has 1 heterocycles. The largest absolute Gasteiger partial charge is 0.384 e. The summed E-state index contributed by atoms with van der Waals surface area (Å²) < 4.78 is 15.2. The minimum absolute atomic E-state index is 0.252. The van der Waals surface area contributed by atoms with Gasteiger partial charge in [0.2, 0.25) is 0 Å². The Hall–Kier alpha value is -3.84. The van der Waals surface area contributed by atoms with E-state index in [-0.39, 0.29) is 5.82 Å². The van der Waals surface area contributed by atoms with Gasteiger partial charge in [-0.05, 0) is 35.2 Å². The molecule has 0 saturated heterocycles. The topological polar surface area (TPSA) is 54.7 Å². The first-order chi connectivity index (χ1) is 14.2. The van der Waals surface area contributed by atoms with E-state index >= 15 is 0 Å². The number of aromatic nitrogens is 1. The third-order valence-corrected chi connectivity index (χ3v) is 5.06. The quantitative estimate of drug-likeness (QED) is 0.485. The highest BCUT2D eigenvalue weighted by Gasteiger charge is 2.23. The lowest BCUT2D eigenvalue weighted by Gasteiger charge is -2.13.